The molecule has 0 saturated carbocycles. The summed E-state index contributed by atoms with van der Waals surface area (Å²) >= 11 is 0. The molecule has 146 valence electrons. The first-order valence-corrected chi connectivity index (χ1v) is 9.48. The normalized spacial score (nSPS) is 14.2. The minimum Gasteiger partial charge on any atom is -0.230 e. The summed E-state index contributed by atoms with van der Waals surface area (Å²) in [4.78, 5) is 22.8. The number of hydrogen-bond donors (Lipinski definition) is 0. The first-order chi connectivity index (χ1) is 10.7. The maximum atomic E-state index is 5.73. The molecule has 0 heterocycles. The third kappa shape index (κ3) is 11.4. The van der Waals surface area contributed by atoms with E-state index >= 15 is 0 Å². The Morgan fingerprint density at radius 1 is 0.417 bits per heavy atom. The molecular formula is C20H42O4. The Bertz CT molecular complexity index is 312. The van der Waals surface area contributed by atoms with Gasteiger partial charge in [-0.05, 0) is 81.1 Å². The Balaban J connectivity index is 4.36. The maximum Gasteiger partial charge on any atom is 0.0981 e. The van der Waals surface area contributed by atoms with Crippen molar-refractivity contribution in [3.8, 4) is 0 Å². The van der Waals surface area contributed by atoms with Gasteiger partial charge in [0.05, 0.1) is 22.4 Å². The van der Waals surface area contributed by atoms with Crippen molar-refractivity contribution in [2.24, 2.45) is 0 Å². The summed E-state index contributed by atoms with van der Waals surface area (Å²) in [6, 6.07) is 0. The van der Waals surface area contributed by atoms with E-state index in [1.807, 2.05) is 27.7 Å². The van der Waals surface area contributed by atoms with E-state index in [1.165, 1.54) is 0 Å². The summed E-state index contributed by atoms with van der Waals surface area (Å²) in [6.07, 6.45) is 5.72. The first-order valence-electron chi connectivity index (χ1n) is 9.48. The molecule has 0 rings (SSSR count). The molecule has 24 heavy (non-hydrogen) atoms. The summed E-state index contributed by atoms with van der Waals surface area (Å²) in [6.45, 7) is 20.7. The molecule has 0 unspecified atom stereocenters. The summed E-state index contributed by atoms with van der Waals surface area (Å²) < 4.78 is 0. The van der Waals surface area contributed by atoms with Crippen LogP contribution in [0.15, 0.2) is 0 Å². The van der Waals surface area contributed by atoms with E-state index in [1.54, 1.807) is 0 Å². The van der Waals surface area contributed by atoms with E-state index in [-0.39, 0.29) is 22.4 Å². The second-order valence-corrected chi connectivity index (χ2v) is 9.37. The van der Waals surface area contributed by atoms with Crippen LogP contribution in [-0.2, 0) is 19.6 Å². The summed E-state index contributed by atoms with van der Waals surface area (Å²) in [5.41, 5.74) is -1.26. The van der Waals surface area contributed by atoms with Gasteiger partial charge in [-0.15, -0.1) is 0 Å². The van der Waals surface area contributed by atoms with E-state index in [2.05, 4.69) is 41.5 Å². The van der Waals surface area contributed by atoms with Crippen LogP contribution in [0, 0.1) is 0 Å². The third-order valence-corrected chi connectivity index (χ3v) is 4.02. The van der Waals surface area contributed by atoms with Crippen LogP contribution in [0.2, 0.25) is 0 Å². The Labute approximate surface area is 150 Å². The van der Waals surface area contributed by atoms with Gasteiger partial charge in [0.2, 0.25) is 0 Å². The minimum absolute atomic E-state index is 0.259. The standard InChI is InChI=1S/C20H42O4/c1-11-13-17(3,4)21-23-19(7,8)15-16-20(9,10)24-22-18(5,6)14-12-2/h11-16H2,1-10H3. The van der Waals surface area contributed by atoms with Crippen LogP contribution in [0.5, 0.6) is 0 Å². The van der Waals surface area contributed by atoms with Crippen LogP contribution in [0.25, 0.3) is 0 Å². The van der Waals surface area contributed by atoms with Crippen molar-refractivity contribution in [2.75, 3.05) is 0 Å². The highest BCUT2D eigenvalue weighted by molar-refractivity contribution is 4.76. The predicted molar refractivity (Wildman–Crippen MR) is 99.7 cm³/mol. The minimum atomic E-state index is -0.370. The van der Waals surface area contributed by atoms with Gasteiger partial charge in [0.25, 0.3) is 0 Å². The smallest absolute Gasteiger partial charge is 0.0981 e. The summed E-state index contributed by atoms with van der Waals surface area (Å²) in [5, 5.41) is 0. The lowest BCUT2D eigenvalue weighted by atomic mass is 9.94. The fraction of sp³-hybridized carbons (Fsp3) is 1.00. The van der Waals surface area contributed by atoms with Crippen molar-refractivity contribution < 1.29 is 19.6 Å². The topological polar surface area (TPSA) is 36.9 Å². The summed E-state index contributed by atoms with van der Waals surface area (Å²) in [5.74, 6) is 0. The molecule has 0 fully saturated rings. The number of rotatable bonds is 13. The monoisotopic (exact) mass is 346 g/mol. The van der Waals surface area contributed by atoms with Gasteiger partial charge in [-0.25, -0.2) is 19.6 Å². The average Bonchev–Trinajstić information content (AvgIpc) is 2.42. The Morgan fingerprint density at radius 2 is 0.625 bits per heavy atom. The molecular weight excluding hydrogens is 304 g/mol. The van der Waals surface area contributed by atoms with Crippen molar-refractivity contribution in [1.82, 2.24) is 0 Å². The van der Waals surface area contributed by atoms with Crippen molar-refractivity contribution in [2.45, 2.75) is 130 Å². The fourth-order valence-corrected chi connectivity index (χ4v) is 2.42. The van der Waals surface area contributed by atoms with Gasteiger partial charge < -0.3 is 0 Å². The summed E-state index contributed by atoms with van der Waals surface area (Å²) in [7, 11) is 0. The largest absolute Gasteiger partial charge is 0.230 e. The molecule has 0 aromatic rings. The SMILES string of the molecule is CCCC(C)(C)OOC(C)(C)CCC(C)(C)OOC(C)(C)CCC. The van der Waals surface area contributed by atoms with E-state index in [0.717, 1.165) is 38.5 Å². The third-order valence-electron chi connectivity index (χ3n) is 4.02. The van der Waals surface area contributed by atoms with Gasteiger partial charge in [-0.2, -0.15) is 0 Å². The lowest BCUT2D eigenvalue weighted by Crippen LogP contribution is -2.36. The van der Waals surface area contributed by atoms with Gasteiger partial charge in [-0.1, -0.05) is 26.7 Å². The average molecular weight is 347 g/mol. The molecule has 0 spiro atoms. The maximum absolute atomic E-state index is 5.73. The zero-order valence-corrected chi connectivity index (χ0v) is 17.9. The van der Waals surface area contributed by atoms with Gasteiger partial charge in [0.15, 0.2) is 0 Å². The molecule has 0 aliphatic rings. The first kappa shape index (κ1) is 23.8. The number of hydrogen-bond acceptors (Lipinski definition) is 4. The molecule has 0 aliphatic carbocycles. The lowest BCUT2D eigenvalue weighted by Gasteiger charge is -2.34. The fourth-order valence-electron chi connectivity index (χ4n) is 2.42. The second-order valence-electron chi connectivity index (χ2n) is 9.37. The molecule has 0 amide bonds. The molecule has 0 radical (unpaired) electrons. The van der Waals surface area contributed by atoms with Gasteiger partial charge in [-0.3, -0.25) is 0 Å². The lowest BCUT2D eigenvalue weighted by molar-refractivity contribution is -0.414. The van der Waals surface area contributed by atoms with Crippen LogP contribution in [-0.4, -0.2) is 22.4 Å². The molecule has 0 aromatic heterocycles. The highest BCUT2D eigenvalue weighted by atomic mass is 17.2. The van der Waals surface area contributed by atoms with Crippen LogP contribution >= 0.6 is 0 Å². The quantitative estimate of drug-likeness (QED) is 0.286. The zero-order valence-electron chi connectivity index (χ0n) is 17.9. The van der Waals surface area contributed by atoms with E-state index in [9.17, 15) is 0 Å². The van der Waals surface area contributed by atoms with Crippen LogP contribution in [0.1, 0.15) is 108 Å². The molecule has 4 nitrogen and oxygen atoms in total. The molecule has 0 aliphatic heterocycles. The van der Waals surface area contributed by atoms with E-state index in [0.29, 0.717) is 0 Å². The molecule has 0 atom stereocenters. The van der Waals surface area contributed by atoms with Crippen LogP contribution in [0.3, 0.4) is 0 Å². The zero-order chi connectivity index (χ0) is 19.1. The Morgan fingerprint density at radius 3 is 0.833 bits per heavy atom. The molecule has 0 N–H and O–H groups in total. The van der Waals surface area contributed by atoms with Crippen molar-refractivity contribution in [1.29, 1.82) is 0 Å². The Hall–Kier alpha value is -0.160. The second kappa shape index (κ2) is 9.51. The van der Waals surface area contributed by atoms with E-state index in [4.69, 9.17) is 19.6 Å². The van der Waals surface area contributed by atoms with Crippen molar-refractivity contribution >= 4 is 0 Å². The molecule has 0 saturated heterocycles. The van der Waals surface area contributed by atoms with Gasteiger partial charge >= 0.3 is 0 Å². The predicted octanol–water partition coefficient (Wildman–Crippen LogP) is 6.38. The highest BCUT2D eigenvalue weighted by Crippen LogP contribution is 2.29. The highest BCUT2D eigenvalue weighted by Gasteiger charge is 2.31. The van der Waals surface area contributed by atoms with Crippen molar-refractivity contribution in [3.05, 3.63) is 0 Å². The molecule has 0 aromatic carbocycles. The molecule has 0 bridgehead atoms. The van der Waals surface area contributed by atoms with Crippen LogP contribution < -0.4 is 0 Å². The van der Waals surface area contributed by atoms with Crippen molar-refractivity contribution in [3.63, 3.8) is 0 Å². The van der Waals surface area contributed by atoms with Crippen LogP contribution in [0.4, 0.5) is 0 Å². The molecule has 4 heteroatoms. The van der Waals surface area contributed by atoms with E-state index < -0.39 is 0 Å². The Kier molecular flexibility index (Phi) is 9.45. The van der Waals surface area contributed by atoms with Gasteiger partial charge in [0.1, 0.15) is 0 Å². The van der Waals surface area contributed by atoms with Gasteiger partial charge in [0, 0.05) is 0 Å².